The van der Waals surface area contributed by atoms with Gasteiger partial charge >= 0.3 is 0 Å². The standard InChI is InChI=1S/C15H21NO/c17-15-8-4-5-12(9-15)13-10-16(11-13)14-6-2-1-3-7-14/h4-5,8-9,13-14,17H,1-3,6-7,10-11H2. The number of hydrogen-bond acceptors (Lipinski definition) is 2. The Bertz CT molecular complexity index is 378. The second-order valence-corrected chi connectivity index (χ2v) is 5.54. The Morgan fingerprint density at radius 1 is 1.06 bits per heavy atom. The summed E-state index contributed by atoms with van der Waals surface area (Å²) in [6.07, 6.45) is 7.05. The van der Waals surface area contributed by atoms with Crippen molar-refractivity contribution in [3.8, 4) is 5.75 Å². The molecule has 2 heteroatoms. The number of rotatable bonds is 2. The van der Waals surface area contributed by atoms with Crippen LogP contribution in [-0.2, 0) is 0 Å². The van der Waals surface area contributed by atoms with Crippen LogP contribution >= 0.6 is 0 Å². The molecule has 1 saturated heterocycles. The van der Waals surface area contributed by atoms with E-state index in [1.54, 1.807) is 6.07 Å². The third-order valence-electron chi connectivity index (χ3n) is 4.34. The van der Waals surface area contributed by atoms with Gasteiger partial charge in [-0.05, 0) is 30.5 Å². The Labute approximate surface area is 103 Å². The van der Waals surface area contributed by atoms with E-state index in [1.807, 2.05) is 12.1 Å². The van der Waals surface area contributed by atoms with Crippen LogP contribution in [0.1, 0.15) is 43.6 Å². The molecule has 1 aromatic rings. The highest BCUT2D eigenvalue weighted by Gasteiger charge is 2.33. The average molecular weight is 231 g/mol. The lowest BCUT2D eigenvalue weighted by atomic mass is 9.86. The molecule has 17 heavy (non-hydrogen) atoms. The Balaban J connectivity index is 1.57. The molecular weight excluding hydrogens is 210 g/mol. The molecule has 0 radical (unpaired) electrons. The summed E-state index contributed by atoms with van der Waals surface area (Å²) < 4.78 is 0. The van der Waals surface area contributed by atoms with E-state index in [2.05, 4.69) is 11.0 Å². The monoisotopic (exact) mass is 231 g/mol. The van der Waals surface area contributed by atoms with Crippen LogP contribution in [-0.4, -0.2) is 29.1 Å². The maximum atomic E-state index is 9.48. The average Bonchev–Trinajstić information content (AvgIpc) is 2.28. The largest absolute Gasteiger partial charge is 0.508 e. The molecule has 2 nitrogen and oxygen atoms in total. The lowest BCUT2D eigenvalue weighted by Gasteiger charge is -2.46. The molecule has 0 aromatic heterocycles. The smallest absolute Gasteiger partial charge is 0.115 e. The molecule has 1 aromatic carbocycles. The van der Waals surface area contributed by atoms with Gasteiger partial charge < -0.3 is 5.11 Å². The van der Waals surface area contributed by atoms with Crippen LogP contribution in [0.4, 0.5) is 0 Å². The number of aromatic hydroxyl groups is 1. The number of benzene rings is 1. The molecule has 2 fully saturated rings. The van der Waals surface area contributed by atoms with Gasteiger partial charge in [-0.15, -0.1) is 0 Å². The van der Waals surface area contributed by atoms with Gasteiger partial charge in [0.1, 0.15) is 5.75 Å². The van der Waals surface area contributed by atoms with E-state index in [9.17, 15) is 5.11 Å². The summed E-state index contributed by atoms with van der Waals surface area (Å²) in [5.41, 5.74) is 1.30. The third kappa shape index (κ3) is 2.32. The van der Waals surface area contributed by atoms with Gasteiger partial charge in [-0.1, -0.05) is 31.4 Å². The minimum Gasteiger partial charge on any atom is -0.508 e. The summed E-state index contributed by atoms with van der Waals surface area (Å²) in [4.78, 5) is 2.63. The Kier molecular flexibility index (Phi) is 3.06. The first-order chi connectivity index (χ1) is 8.33. The minimum absolute atomic E-state index is 0.401. The zero-order valence-electron chi connectivity index (χ0n) is 10.3. The number of nitrogens with zero attached hydrogens (tertiary/aromatic N) is 1. The van der Waals surface area contributed by atoms with Crippen LogP contribution in [0.25, 0.3) is 0 Å². The fraction of sp³-hybridized carbons (Fsp3) is 0.600. The van der Waals surface area contributed by atoms with Crippen molar-refractivity contribution < 1.29 is 5.11 Å². The van der Waals surface area contributed by atoms with Crippen molar-refractivity contribution in [3.63, 3.8) is 0 Å². The summed E-state index contributed by atoms with van der Waals surface area (Å²) in [7, 11) is 0. The first-order valence-electron chi connectivity index (χ1n) is 6.86. The summed E-state index contributed by atoms with van der Waals surface area (Å²) in [5.74, 6) is 1.04. The van der Waals surface area contributed by atoms with Gasteiger partial charge in [0.15, 0.2) is 0 Å². The maximum Gasteiger partial charge on any atom is 0.115 e. The third-order valence-corrected chi connectivity index (χ3v) is 4.34. The molecule has 3 rings (SSSR count). The normalized spacial score (nSPS) is 23.5. The molecule has 0 bridgehead atoms. The Morgan fingerprint density at radius 2 is 1.82 bits per heavy atom. The highest BCUT2D eigenvalue weighted by molar-refractivity contribution is 5.31. The van der Waals surface area contributed by atoms with Crippen LogP contribution < -0.4 is 0 Å². The van der Waals surface area contributed by atoms with Gasteiger partial charge in [0, 0.05) is 25.0 Å². The Morgan fingerprint density at radius 3 is 2.53 bits per heavy atom. The van der Waals surface area contributed by atoms with Gasteiger partial charge in [0.2, 0.25) is 0 Å². The molecule has 1 N–H and O–H groups in total. The van der Waals surface area contributed by atoms with Gasteiger partial charge in [0.05, 0.1) is 0 Å². The quantitative estimate of drug-likeness (QED) is 0.845. The van der Waals surface area contributed by atoms with Crippen LogP contribution in [0.2, 0.25) is 0 Å². The molecule has 1 aliphatic heterocycles. The molecular formula is C15H21NO. The number of phenolic OH excluding ortho intramolecular Hbond substituents is 1. The summed E-state index contributed by atoms with van der Waals surface area (Å²) >= 11 is 0. The summed E-state index contributed by atoms with van der Waals surface area (Å²) in [5, 5.41) is 9.48. The summed E-state index contributed by atoms with van der Waals surface area (Å²) in [6, 6.07) is 8.61. The van der Waals surface area contributed by atoms with E-state index in [1.165, 1.54) is 50.8 Å². The lowest BCUT2D eigenvalue weighted by molar-refractivity contribution is 0.0690. The van der Waals surface area contributed by atoms with Gasteiger partial charge in [-0.3, -0.25) is 4.90 Å². The fourth-order valence-electron chi connectivity index (χ4n) is 3.25. The van der Waals surface area contributed by atoms with Crippen molar-refractivity contribution in [2.24, 2.45) is 0 Å². The first-order valence-corrected chi connectivity index (χ1v) is 6.86. The zero-order valence-corrected chi connectivity index (χ0v) is 10.3. The van der Waals surface area contributed by atoms with Gasteiger partial charge in [-0.2, -0.15) is 0 Å². The molecule has 0 unspecified atom stereocenters. The minimum atomic E-state index is 0.401. The van der Waals surface area contributed by atoms with Crippen LogP contribution in [0.3, 0.4) is 0 Å². The van der Waals surface area contributed by atoms with Crippen LogP contribution in [0.5, 0.6) is 5.75 Å². The molecule has 0 spiro atoms. The van der Waals surface area contributed by atoms with Gasteiger partial charge in [0.25, 0.3) is 0 Å². The molecule has 92 valence electrons. The number of phenols is 1. The predicted octanol–water partition coefficient (Wildman–Crippen LogP) is 3.12. The van der Waals surface area contributed by atoms with E-state index in [0.29, 0.717) is 11.7 Å². The van der Waals surface area contributed by atoms with Crippen molar-refractivity contribution in [3.05, 3.63) is 29.8 Å². The zero-order chi connectivity index (χ0) is 11.7. The van der Waals surface area contributed by atoms with Crippen LogP contribution in [0, 0.1) is 0 Å². The molecule has 0 amide bonds. The molecule has 2 aliphatic rings. The van der Waals surface area contributed by atoms with Gasteiger partial charge in [-0.25, -0.2) is 0 Å². The van der Waals surface area contributed by atoms with E-state index >= 15 is 0 Å². The molecule has 0 atom stereocenters. The second-order valence-electron chi connectivity index (χ2n) is 5.54. The van der Waals surface area contributed by atoms with Crippen molar-refractivity contribution in [2.45, 2.75) is 44.1 Å². The summed E-state index contributed by atoms with van der Waals surface area (Å²) in [6.45, 7) is 2.38. The van der Waals surface area contributed by atoms with E-state index in [4.69, 9.17) is 0 Å². The second kappa shape index (κ2) is 4.69. The number of likely N-dealkylation sites (tertiary alicyclic amines) is 1. The Hall–Kier alpha value is -1.02. The van der Waals surface area contributed by atoms with Crippen molar-refractivity contribution in [2.75, 3.05) is 13.1 Å². The van der Waals surface area contributed by atoms with E-state index in [-0.39, 0.29) is 0 Å². The van der Waals surface area contributed by atoms with Crippen LogP contribution in [0.15, 0.2) is 24.3 Å². The maximum absolute atomic E-state index is 9.48. The van der Waals surface area contributed by atoms with E-state index < -0.39 is 0 Å². The highest BCUT2D eigenvalue weighted by Crippen LogP contribution is 2.34. The van der Waals surface area contributed by atoms with Crippen molar-refractivity contribution in [1.82, 2.24) is 4.90 Å². The highest BCUT2D eigenvalue weighted by atomic mass is 16.3. The SMILES string of the molecule is Oc1cccc(C2CN(C3CCCCC3)C2)c1. The molecule has 1 aliphatic carbocycles. The van der Waals surface area contributed by atoms with Crippen molar-refractivity contribution >= 4 is 0 Å². The number of hydrogen-bond donors (Lipinski definition) is 1. The van der Waals surface area contributed by atoms with E-state index in [0.717, 1.165) is 6.04 Å². The lowest BCUT2D eigenvalue weighted by Crippen LogP contribution is -2.51. The topological polar surface area (TPSA) is 23.5 Å². The predicted molar refractivity (Wildman–Crippen MR) is 69.3 cm³/mol. The first kappa shape index (κ1) is 11.1. The van der Waals surface area contributed by atoms with Crippen molar-refractivity contribution in [1.29, 1.82) is 0 Å². The molecule has 1 saturated carbocycles. The molecule has 1 heterocycles. The fourth-order valence-corrected chi connectivity index (χ4v) is 3.25.